The molecule has 1 N–H and O–H groups in total. The highest BCUT2D eigenvalue weighted by atomic mass is 16.5. The summed E-state index contributed by atoms with van der Waals surface area (Å²) in [5, 5.41) is 21.1. The Morgan fingerprint density at radius 1 is 1.43 bits per heavy atom. The van der Waals surface area contributed by atoms with Crippen molar-refractivity contribution in [3.05, 3.63) is 35.9 Å². The van der Waals surface area contributed by atoms with E-state index in [-0.39, 0.29) is 18.0 Å². The fourth-order valence-electron chi connectivity index (χ4n) is 3.21. The Morgan fingerprint density at radius 2 is 2.25 bits per heavy atom. The molecule has 1 aliphatic heterocycles. The number of nitriles is 2. The Bertz CT molecular complexity index is 943. The van der Waals surface area contributed by atoms with Gasteiger partial charge in [-0.15, -0.1) is 0 Å². The molecule has 0 saturated carbocycles. The van der Waals surface area contributed by atoms with Gasteiger partial charge in [-0.2, -0.15) is 10.5 Å². The van der Waals surface area contributed by atoms with Crippen LogP contribution in [0.5, 0.6) is 5.75 Å². The molecule has 1 aromatic heterocycles. The molecule has 9 nitrogen and oxygen atoms in total. The van der Waals surface area contributed by atoms with E-state index in [1.807, 2.05) is 0 Å². The first kappa shape index (κ1) is 19.2. The molecule has 1 aliphatic rings. The van der Waals surface area contributed by atoms with E-state index in [1.165, 1.54) is 13.3 Å². The van der Waals surface area contributed by atoms with Crippen molar-refractivity contribution >= 4 is 5.91 Å². The molecule has 0 bridgehead atoms. The molecule has 2 heterocycles. The first-order valence-electron chi connectivity index (χ1n) is 8.60. The van der Waals surface area contributed by atoms with Crippen molar-refractivity contribution in [3.8, 4) is 29.3 Å². The Kier molecular flexibility index (Phi) is 5.78. The number of amides is 1. The molecular formula is C19H19N5O4. The molecule has 9 heteroatoms. The van der Waals surface area contributed by atoms with Crippen LogP contribution < -0.4 is 10.1 Å². The smallest absolute Gasteiger partial charge is 0.307 e. The van der Waals surface area contributed by atoms with Gasteiger partial charge in [-0.1, -0.05) is 0 Å². The van der Waals surface area contributed by atoms with Gasteiger partial charge in [0.25, 0.3) is 5.89 Å². The second-order valence-electron chi connectivity index (χ2n) is 6.32. The van der Waals surface area contributed by atoms with Crippen LogP contribution in [-0.2, 0) is 4.74 Å². The summed E-state index contributed by atoms with van der Waals surface area (Å²) in [6.45, 7) is 0.819. The predicted octanol–water partition coefficient (Wildman–Crippen LogP) is 1.52. The molecule has 2 atom stereocenters. The van der Waals surface area contributed by atoms with Gasteiger partial charge in [0.15, 0.2) is 12.0 Å². The highest BCUT2D eigenvalue weighted by Crippen LogP contribution is 2.31. The van der Waals surface area contributed by atoms with Gasteiger partial charge >= 0.3 is 5.91 Å². The van der Waals surface area contributed by atoms with E-state index in [2.05, 4.69) is 22.6 Å². The number of methoxy groups -OCH3 is 2. The fourth-order valence-corrected chi connectivity index (χ4v) is 3.21. The fraction of sp³-hybridized carbons (Fsp3) is 0.368. The topological polar surface area (TPSA) is 124 Å². The van der Waals surface area contributed by atoms with Crippen LogP contribution in [0, 0.1) is 22.8 Å². The van der Waals surface area contributed by atoms with Crippen molar-refractivity contribution in [2.24, 2.45) is 0 Å². The minimum absolute atomic E-state index is 0.0709. The number of carbonyl (C=O) groups excluding carboxylic acids is 1. The summed E-state index contributed by atoms with van der Waals surface area (Å²) in [6, 6.07) is 6.66. The number of rotatable bonds is 6. The van der Waals surface area contributed by atoms with Gasteiger partial charge in [0.05, 0.1) is 43.2 Å². The summed E-state index contributed by atoms with van der Waals surface area (Å²) >= 11 is 0. The lowest BCUT2D eigenvalue weighted by Crippen LogP contribution is -2.36. The van der Waals surface area contributed by atoms with E-state index in [4.69, 9.17) is 19.2 Å². The Hall–Kier alpha value is -3.56. The van der Waals surface area contributed by atoms with Crippen molar-refractivity contribution in [3.63, 3.8) is 0 Å². The third-order valence-electron chi connectivity index (χ3n) is 4.53. The lowest BCUT2D eigenvalue weighted by atomic mass is 10.1. The van der Waals surface area contributed by atoms with Crippen LogP contribution in [0.2, 0.25) is 0 Å². The second-order valence-corrected chi connectivity index (χ2v) is 6.32. The van der Waals surface area contributed by atoms with Crippen LogP contribution in [0.15, 0.2) is 28.8 Å². The van der Waals surface area contributed by atoms with Crippen LogP contribution in [0.4, 0.5) is 0 Å². The number of hydrogen-bond acceptors (Lipinski definition) is 8. The van der Waals surface area contributed by atoms with E-state index in [1.54, 1.807) is 30.2 Å². The molecule has 144 valence electrons. The summed E-state index contributed by atoms with van der Waals surface area (Å²) in [5.74, 6) is 0.257. The molecular weight excluding hydrogens is 362 g/mol. The molecule has 3 rings (SSSR count). The number of oxazole rings is 1. The summed E-state index contributed by atoms with van der Waals surface area (Å²) in [7, 11) is 3.08. The van der Waals surface area contributed by atoms with Crippen LogP contribution in [-0.4, -0.2) is 55.2 Å². The van der Waals surface area contributed by atoms with Gasteiger partial charge in [0.2, 0.25) is 0 Å². The number of carbonyl (C=O) groups is 1. The SMILES string of the molecule is COC[C@H]1C[C@@H](NC(=O)c2ncc(-c3cc(C#N)ccc3OC)o2)CN1C#N. The van der Waals surface area contributed by atoms with Crippen molar-refractivity contribution in [2.45, 2.75) is 18.5 Å². The maximum atomic E-state index is 12.5. The minimum atomic E-state index is -0.470. The third-order valence-corrected chi connectivity index (χ3v) is 4.53. The van der Waals surface area contributed by atoms with Crippen molar-refractivity contribution in [1.29, 1.82) is 10.5 Å². The number of nitrogens with one attached hydrogen (secondary N) is 1. The maximum Gasteiger partial charge on any atom is 0.307 e. The van der Waals surface area contributed by atoms with Gasteiger partial charge in [-0.05, 0) is 24.6 Å². The second kappa shape index (κ2) is 8.42. The first-order chi connectivity index (χ1) is 13.6. The minimum Gasteiger partial charge on any atom is -0.496 e. The van der Waals surface area contributed by atoms with Crippen molar-refractivity contribution < 1.29 is 18.7 Å². The summed E-state index contributed by atoms with van der Waals surface area (Å²) in [6.07, 6.45) is 4.12. The molecule has 1 saturated heterocycles. The van der Waals surface area contributed by atoms with Crippen molar-refractivity contribution in [1.82, 2.24) is 15.2 Å². The van der Waals surface area contributed by atoms with E-state index < -0.39 is 5.91 Å². The number of benzene rings is 1. The zero-order valence-corrected chi connectivity index (χ0v) is 15.5. The quantitative estimate of drug-likeness (QED) is 0.747. The molecule has 28 heavy (non-hydrogen) atoms. The maximum absolute atomic E-state index is 12.5. The molecule has 0 spiro atoms. The predicted molar refractivity (Wildman–Crippen MR) is 97.1 cm³/mol. The summed E-state index contributed by atoms with van der Waals surface area (Å²) in [5.41, 5.74) is 0.967. The molecule has 0 aliphatic carbocycles. The summed E-state index contributed by atoms with van der Waals surface area (Å²) in [4.78, 5) is 18.1. The van der Waals surface area contributed by atoms with E-state index in [9.17, 15) is 10.1 Å². The lowest BCUT2D eigenvalue weighted by molar-refractivity contribution is 0.0904. The van der Waals surface area contributed by atoms with Gasteiger partial charge in [-0.3, -0.25) is 4.79 Å². The Morgan fingerprint density at radius 3 is 2.93 bits per heavy atom. The number of ether oxygens (including phenoxy) is 2. The Balaban J connectivity index is 1.74. The monoisotopic (exact) mass is 381 g/mol. The van der Waals surface area contributed by atoms with Crippen LogP contribution in [0.25, 0.3) is 11.3 Å². The van der Waals surface area contributed by atoms with E-state index >= 15 is 0 Å². The van der Waals surface area contributed by atoms with Gasteiger partial charge in [0.1, 0.15) is 5.75 Å². The highest BCUT2D eigenvalue weighted by Gasteiger charge is 2.33. The highest BCUT2D eigenvalue weighted by molar-refractivity contribution is 5.90. The number of hydrogen-bond donors (Lipinski definition) is 1. The zero-order chi connectivity index (χ0) is 20.1. The molecule has 2 aromatic rings. The van der Waals surface area contributed by atoms with Crippen LogP contribution >= 0.6 is 0 Å². The average molecular weight is 381 g/mol. The standard InChI is InChI=1S/C19H19N5O4/c1-26-10-14-6-13(9-24(14)11-21)23-18(25)19-22-8-17(28-19)15-5-12(7-20)3-4-16(15)27-2/h3-5,8,13-14H,6,9-10H2,1-2H3,(H,23,25)/t13-,14-/m1/s1. The number of nitrogens with zero attached hydrogens (tertiary/aromatic N) is 4. The molecule has 0 radical (unpaired) electrons. The van der Waals surface area contributed by atoms with Gasteiger partial charge in [0, 0.05) is 19.7 Å². The molecule has 1 fully saturated rings. The molecule has 0 unspecified atom stereocenters. The van der Waals surface area contributed by atoms with Crippen LogP contribution in [0.1, 0.15) is 22.7 Å². The summed E-state index contributed by atoms with van der Waals surface area (Å²) < 4.78 is 16.0. The third kappa shape index (κ3) is 3.90. The Labute approximate surface area is 162 Å². The molecule has 1 aromatic carbocycles. The van der Waals surface area contributed by atoms with E-state index in [0.29, 0.717) is 42.2 Å². The lowest BCUT2D eigenvalue weighted by Gasteiger charge is -2.15. The normalized spacial score (nSPS) is 18.4. The van der Waals surface area contributed by atoms with Crippen LogP contribution in [0.3, 0.4) is 0 Å². The van der Waals surface area contributed by atoms with Gasteiger partial charge < -0.3 is 24.1 Å². The first-order valence-corrected chi connectivity index (χ1v) is 8.60. The number of likely N-dealkylation sites (tertiary alicyclic amines) is 1. The van der Waals surface area contributed by atoms with Gasteiger partial charge in [-0.25, -0.2) is 4.98 Å². The largest absolute Gasteiger partial charge is 0.496 e. The number of aromatic nitrogens is 1. The molecule has 1 amide bonds. The zero-order valence-electron chi connectivity index (χ0n) is 15.5. The average Bonchev–Trinajstić information content (AvgIpc) is 3.35. The van der Waals surface area contributed by atoms with E-state index in [0.717, 1.165) is 0 Å². The van der Waals surface area contributed by atoms with Crippen molar-refractivity contribution in [2.75, 3.05) is 27.4 Å².